The molecule has 0 aliphatic carbocycles. The highest BCUT2D eigenvalue weighted by Crippen LogP contribution is 2.12. The van der Waals surface area contributed by atoms with Crippen molar-refractivity contribution in [2.75, 3.05) is 0 Å². The lowest BCUT2D eigenvalue weighted by atomic mass is 10.0. The van der Waals surface area contributed by atoms with E-state index in [2.05, 4.69) is 40.3 Å². The standard InChI is InChI=1S/C13H20N4S/c1-3-17-13(6-10(2)16-17)8-12(15-14)7-11-4-5-18-9-11/h4-6,9,12,15H,3,7-8,14H2,1-2H3. The Morgan fingerprint density at radius 2 is 2.33 bits per heavy atom. The molecule has 2 heterocycles. The Hall–Kier alpha value is -1.17. The molecule has 1 atom stereocenters. The van der Waals surface area contributed by atoms with Crippen LogP contribution in [-0.4, -0.2) is 15.8 Å². The smallest absolute Gasteiger partial charge is 0.0596 e. The second kappa shape index (κ2) is 6.13. The van der Waals surface area contributed by atoms with Crippen molar-refractivity contribution in [1.29, 1.82) is 0 Å². The lowest BCUT2D eigenvalue weighted by Crippen LogP contribution is -2.38. The molecule has 0 amide bonds. The van der Waals surface area contributed by atoms with E-state index in [1.807, 2.05) is 11.6 Å². The molecule has 0 aliphatic rings. The van der Waals surface area contributed by atoms with Gasteiger partial charge in [0.25, 0.3) is 0 Å². The van der Waals surface area contributed by atoms with E-state index in [1.165, 1.54) is 11.3 Å². The Balaban J connectivity index is 2.05. The maximum atomic E-state index is 5.66. The summed E-state index contributed by atoms with van der Waals surface area (Å²) in [6.07, 6.45) is 1.86. The molecule has 2 aromatic heterocycles. The minimum absolute atomic E-state index is 0.251. The van der Waals surface area contributed by atoms with Crippen molar-refractivity contribution < 1.29 is 0 Å². The van der Waals surface area contributed by atoms with Crippen molar-refractivity contribution in [2.45, 2.75) is 39.3 Å². The van der Waals surface area contributed by atoms with E-state index in [9.17, 15) is 0 Å². The largest absolute Gasteiger partial charge is 0.271 e. The molecule has 0 aromatic carbocycles. The van der Waals surface area contributed by atoms with Gasteiger partial charge in [-0.2, -0.15) is 16.4 Å². The van der Waals surface area contributed by atoms with Crippen molar-refractivity contribution in [3.8, 4) is 0 Å². The summed E-state index contributed by atoms with van der Waals surface area (Å²) < 4.78 is 2.05. The fourth-order valence-corrected chi connectivity index (χ4v) is 2.85. The Labute approximate surface area is 112 Å². The lowest BCUT2D eigenvalue weighted by molar-refractivity contribution is 0.496. The molecule has 0 spiro atoms. The van der Waals surface area contributed by atoms with E-state index >= 15 is 0 Å². The third-order valence-electron chi connectivity index (χ3n) is 3.04. The average molecular weight is 264 g/mol. The van der Waals surface area contributed by atoms with Gasteiger partial charge in [-0.25, -0.2) is 0 Å². The molecule has 4 nitrogen and oxygen atoms in total. The van der Waals surface area contributed by atoms with Gasteiger partial charge in [0.15, 0.2) is 0 Å². The summed E-state index contributed by atoms with van der Waals surface area (Å²) in [6.45, 7) is 5.04. The van der Waals surface area contributed by atoms with E-state index in [0.717, 1.165) is 25.1 Å². The molecule has 0 saturated carbocycles. The fraction of sp³-hybridized carbons (Fsp3) is 0.462. The molecule has 2 rings (SSSR count). The zero-order valence-electron chi connectivity index (χ0n) is 10.9. The summed E-state index contributed by atoms with van der Waals surface area (Å²) in [5.74, 6) is 5.66. The van der Waals surface area contributed by atoms with Crippen LogP contribution in [0.4, 0.5) is 0 Å². The van der Waals surface area contributed by atoms with E-state index in [1.54, 1.807) is 11.3 Å². The van der Waals surface area contributed by atoms with Crippen molar-refractivity contribution in [1.82, 2.24) is 15.2 Å². The Kier molecular flexibility index (Phi) is 4.52. The maximum absolute atomic E-state index is 5.66. The third-order valence-corrected chi connectivity index (χ3v) is 3.77. The Morgan fingerprint density at radius 3 is 2.94 bits per heavy atom. The quantitative estimate of drug-likeness (QED) is 0.619. The van der Waals surface area contributed by atoms with E-state index in [-0.39, 0.29) is 6.04 Å². The molecule has 5 heteroatoms. The number of aromatic nitrogens is 2. The maximum Gasteiger partial charge on any atom is 0.0596 e. The molecule has 1 unspecified atom stereocenters. The number of nitrogens with two attached hydrogens (primary N) is 1. The Bertz CT molecular complexity index is 475. The van der Waals surface area contributed by atoms with Crippen LogP contribution in [0.1, 0.15) is 23.9 Å². The van der Waals surface area contributed by atoms with Crippen molar-refractivity contribution in [3.63, 3.8) is 0 Å². The molecule has 98 valence electrons. The number of nitrogens with zero attached hydrogens (tertiary/aromatic N) is 2. The molecule has 0 aliphatic heterocycles. The van der Waals surface area contributed by atoms with Crippen molar-refractivity contribution in [2.24, 2.45) is 5.84 Å². The zero-order valence-corrected chi connectivity index (χ0v) is 11.7. The first-order valence-corrected chi connectivity index (χ1v) is 7.17. The van der Waals surface area contributed by atoms with Gasteiger partial charge in [0.05, 0.1) is 5.69 Å². The Morgan fingerprint density at radius 1 is 1.50 bits per heavy atom. The first-order chi connectivity index (χ1) is 8.72. The van der Waals surface area contributed by atoms with E-state index in [4.69, 9.17) is 5.84 Å². The highest BCUT2D eigenvalue weighted by molar-refractivity contribution is 7.07. The van der Waals surface area contributed by atoms with Gasteiger partial charge in [0.2, 0.25) is 0 Å². The molecular weight excluding hydrogens is 244 g/mol. The van der Waals surface area contributed by atoms with E-state index in [0.29, 0.717) is 0 Å². The van der Waals surface area contributed by atoms with Gasteiger partial charge in [-0.05, 0) is 48.7 Å². The molecule has 2 aromatic rings. The van der Waals surface area contributed by atoms with Crippen LogP contribution in [-0.2, 0) is 19.4 Å². The van der Waals surface area contributed by atoms with Gasteiger partial charge < -0.3 is 0 Å². The topological polar surface area (TPSA) is 55.9 Å². The summed E-state index contributed by atoms with van der Waals surface area (Å²) in [5, 5.41) is 8.74. The normalized spacial score (nSPS) is 12.8. The fourth-order valence-electron chi connectivity index (χ4n) is 2.17. The number of thiophene rings is 1. The minimum Gasteiger partial charge on any atom is -0.271 e. The van der Waals surface area contributed by atoms with Crippen LogP contribution in [0.3, 0.4) is 0 Å². The molecule has 0 fully saturated rings. The van der Waals surface area contributed by atoms with Gasteiger partial charge in [-0.1, -0.05) is 0 Å². The van der Waals surface area contributed by atoms with Crippen LogP contribution in [0.25, 0.3) is 0 Å². The number of nitrogens with one attached hydrogen (secondary N) is 1. The third kappa shape index (κ3) is 3.19. The highest BCUT2D eigenvalue weighted by Gasteiger charge is 2.13. The first-order valence-electron chi connectivity index (χ1n) is 6.23. The average Bonchev–Trinajstić information content (AvgIpc) is 2.98. The van der Waals surface area contributed by atoms with Gasteiger partial charge in [0, 0.05) is 24.7 Å². The van der Waals surface area contributed by atoms with Crippen LogP contribution in [0.2, 0.25) is 0 Å². The summed E-state index contributed by atoms with van der Waals surface area (Å²) in [7, 11) is 0. The predicted molar refractivity (Wildman–Crippen MR) is 75.5 cm³/mol. The van der Waals surface area contributed by atoms with Crippen LogP contribution in [0.15, 0.2) is 22.9 Å². The van der Waals surface area contributed by atoms with Crippen LogP contribution in [0.5, 0.6) is 0 Å². The number of hydrogen-bond donors (Lipinski definition) is 2. The van der Waals surface area contributed by atoms with Gasteiger partial charge >= 0.3 is 0 Å². The summed E-state index contributed by atoms with van der Waals surface area (Å²) >= 11 is 1.72. The van der Waals surface area contributed by atoms with Crippen molar-refractivity contribution in [3.05, 3.63) is 39.8 Å². The second-order valence-corrected chi connectivity index (χ2v) is 5.28. The molecule has 0 radical (unpaired) electrons. The van der Waals surface area contributed by atoms with Crippen LogP contribution >= 0.6 is 11.3 Å². The first kappa shape index (κ1) is 13.3. The van der Waals surface area contributed by atoms with Gasteiger partial charge in [-0.3, -0.25) is 16.0 Å². The summed E-state index contributed by atoms with van der Waals surface area (Å²) in [5.41, 5.74) is 6.56. The second-order valence-electron chi connectivity index (χ2n) is 4.50. The number of aryl methyl sites for hydroxylation is 2. The molecule has 3 N–H and O–H groups in total. The van der Waals surface area contributed by atoms with Gasteiger partial charge in [-0.15, -0.1) is 0 Å². The minimum atomic E-state index is 0.251. The SMILES string of the molecule is CCn1nc(C)cc1CC(Cc1ccsc1)NN. The van der Waals surface area contributed by atoms with Gasteiger partial charge in [0.1, 0.15) is 0 Å². The molecular formula is C13H20N4S. The highest BCUT2D eigenvalue weighted by atomic mass is 32.1. The van der Waals surface area contributed by atoms with Crippen LogP contribution in [0, 0.1) is 6.92 Å². The molecule has 0 bridgehead atoms. The molecule has 18 heavy (non-hydrogen) atoms. The lowest BCUT2D eigenvalue weighted by Gasteiger charge is -2.15. The number of hydrogen-bond acceptors (Lipinski definition) is 4. The van der Waals surface area contributed by atoms with Crippen molar-refractivity contribution >= 4 is 11.3 Å². The number of hydrazine groups is 1. The summed E-state index contributed by atoms with van der Waals surface area (Å²) in [4.78, 5) is 0. The predicted octanol–water partition coefficient (Wildman–Crippen LogP) is 1.89. The van der Waals surface area contributed by atoms with E-state index < -0.39 is 0 Å². The summed E-state index contributed by atoms with van der Waals surface area (Å²) in [6, 6.07) is 4.54. The number of rotatable bonds is 6. The zero-order chi connectivity index (χ0) is 13.0. The molecule has 0 saturated heterocycles. The van der Waals surface area contributed by atoms with Crippen LogP contribution < -0.4 is 11.3 Å². The monoisotopic (exact) mass is 264 g/mol.